The molecule has 0 aliphatic carbocycles. The van der Waals surface area contributed by atoms with E-state index < -0.39 is 38.4 Å². The first-order valence-corrected chi connectivity index (χ1v) is 10.7. The van der Waals surface area contributed by atoms with Gasteiger partial charge >= 0.3 is 12.4 Å². The molecule has 0 bridgehead atoms. The first-order valence-electron chi connectivity index (χ1n) is 9.20. The molecular formula is C21H13F6N3O2S. The Morgan fingerprint density at radius 3 is 2.03 bits per heavy atom. The maximum absolute atomic E-state index is 13.1. The van der Waals surface area contributed by atoms with Gasteiger partial charge in [-0.1, -0.05) is 24.3 Å². The Labute approximate surface area is 183 Å². The molecule has 0 aliphatic rings. The van der Waals surface area contributed by atoms with E-state index in [1.807, 2.05) is 0 Å². The third-order valence-electron chi connectivity index (χ3n) is 4.68. The van der Waals surface area contributed by atoms with Crippen LogP contribution in [0.1, 0.15) is 11.1 Å². The number of nitrogens with zero attached hydrogens (tertiary/aromatic N) is 2. The number of alkyl halides is 6. The Morgan fingerprint density at radius 2 is 1.42 bits per heavy atom. The van der Waals surface area contributed by atoms with Gasteiger partial charge in [-0.3, -0.25) is 4.72 Å². The highest BCUT2D eigenvalue weighted by Crippen LogP contribution is 2.38. The summed E-state index contributed by atoms with van der Waals surface area (Å²) in [6.45, 7) is 0. The SMILES string of the molecule is O=S(=O)(Nc1ccccc1-c1cn2ccccc2n1)c1cc(C(F)(F)F)cc(C(F)(F)F)c1. The van der Waals surface area contributed by atoms with Gasteiger partial charge in [-0.15, -0.1) is 0 Å². The minimum Gasteiger partial charge on any atom is -0.306 e. The van der Waals surface area contributed by atoms with Crippen molar-refractivity contribution in [1.82, 2.24) is 9.38 Å². The summed E-state index contributed by atoms with van der Waals surface area (Å²) < 4.78 is 108. The van der Waals surface area contributed by atoms with E-state index in [0.29, 0.717) is 11.3 Å². The number of benzene rings is 2. The van der Waals surface area contributed by atoms with E-state index in [9.17, 15) is 34.8 Å². The minimum absolute atomic E-state index is 0.0631. The van der Waals surface area contributed by atoms with Crippen molar-refractivity contribution in [3.05, 3.63) is 84.2 Å². The van der Waals surface area contributed by atoms with Crippen molar-refractivity contribution >= 4 is 21.4 Å². The molecule has 12 heteroatoms. The monoisotopic (exact) mass is 485 g/mol. The molecule has 0 spiro atoms. The maximum Gasteiger partial charge on any atom is 0.416 e. The van der Waals surface area contributed by atoms with Crippen molar-refractivity contribution in [1.29, 1.82) is 0 Å². The van der Waals surface area contributed by atoms with E-state index in [2.05, 4.69) is 9.71 Å². The molecule has 5 nitrogen and oxygen atoms in total. The van der Waals surface area contributed by atoms with Gasteiger partial charge in [-0.05, 0) is 36.4 Å². The lowest BCUT2D eigenvalue weighted by atomic mass is 10.1. The lowest BCUT2D eigenvalue weighted by Crippen LogP contribution is -2.17. The molecule has 0 amide bonds. The van der Waals surface area contributed by atoms with E-state index in [-0.39, 0.29) is 29.4 Å². The van der Waals surface area contributed by atoms with Crippen LogP contribution in [0.4, 0.5) is 32.0 Å². The average Bonchev–Trinajstić information content (AvgIpc) is 3.16. The topological polar surface area (TPSA) is 63.5 Å². The fourth-order valence-electron chi connectivity index (χ4n) is 3.15. The Bertz CT molecular complexity index is 1380. The third kappa shape index (κ3) is 4.65. The van der Waals surface area contributed by atoms with Crippen molar-refractivity contribution in [2.75, 3.05) is 4.72 Å². The largest absolute Gasteiger partial charge is 0.416 e. The number of pyridine rings is 1. The van der Waals surface area contributed by atoms with Gasteiger partial charge in [0.05, 0.1) is 27.4 Å². The molecule has 0 unspecified atom stereocenters. The van der Waals surface area contributed by atoms with Crippen molar-refractivity contribution < 1.29 is 34.8 Å². The summed E-state index contributed by atoms with van der Waals surface area (Å²) >= 11 is 0. The number of anilines is 1. The number of halogens is 6. The summed E-state index contributed by atoms with van der Waals surface area (Å²) in [5.74, 6) is 0. The van der Waals surface area contributed by atoms with Crippen molar-refractivity contribution in [2.45, 2.75) is 17.2 Å². The molecule has 0 atom stereocenters. The Morgan fingerprint density at radius 1 is 0.818 bits per heavy atom. The Balaban J connectivity index is 1.79. The lowest BCUT2D eigenvalue weighted by Gasteiger charge is -2.16. The van der Waals surface area contributed by atoms with Crippen LogP contribution in [0, 0.1) is 0 Å². The highest BCUT2D eigenvalue weighted by molar-refractivity contribution is 7.92. The number of aromatic nitrogens is 2. The highest BCUT2D eigenvalue weighted by Gasteiger charge is 2.38. The van der Waals surface area contributed by atoms with Crippen LogP contribution < -0.4 is 4.72 Å². The number of nitrogens with one attached hydrogen (secondary N) is 1. The number of fused-ring (bicyclic) bond motifs is 1. The van der Waals surface area contributed by atoms with Crippen LogP contribution in [-0.2, 0) is 22.4 Å². The minimum atomic E-state index is -5.18. The predicted octanol–water partition coefficient (Wildman–Crippen LogP) is 5.84. The van der Waals surface area contributed by atoms with Crippen LogP contribution in [0.3, 0.4) is 0 Å². The lowest BCUT2D eigenvalue weighted by molar-refractivity contribution is -0.143. The first-order chi connectivity index (χ1) is 15.3. The molecule has 172 valence electrons. The fourth-order valence-corrected chi connectivity index (χ4v) is 4.29. The maximum atomic E-state index is 13.1. The average molecular weight is 485 g/mol. The summed E-state index contributed by atoms with van der Waals surface area (Å²) in [7, 11) is -4.82. The van der Waals surface area contributed by atoms with E-state index in [1.54, 1.807) is 41.1 Å². The summed E-state index contributed by atoms with van der Waals surface area (Å²) in [6.07, 6.45) is -7.05. The molecule has 4 aromatic rings. The fraction of sp³-hybridized carbons (Fsp3) is 0.0952. The molecule has 33 heavy (non-hydrogen) atoms. The van der Waals surface area contributed by atoms with Gasteiger partial charge < -0.3 is 4.40 Å². The quantitative estimate of drug-likeness (QED) is 0.370. The first kappa shape index (κ1) is 22.6. The van der Waals surface area contributed by atoms with Gasteiger partial charge in [0, 0.05) is 18.0 Å². The molecule has 4 rings (SSSR count). The summed E-state index contributed by atoms with van der Waals surface area (Å²) in [5.41, 5.74) is -2.34. The smallest absolute Gasteiger partial charge is 0.306 e. The van der Waals surface area contributed by atoms with Crippen molar-refractivity contribution in [3.63, 3.8) is 0 Å². The van der Waals surface area contributed by atoms with Crippen LogP contribution >= 0.6 is 0 Å². The second-order valence-corrected chi connectivity index (χ2v) is 8.67. The zero-order chi connectivity index (χ0) is 24.0. The standard InChI is InChI=1S/C21H13F6N3O2S/c22-20(23,24)13-9-14(21(25,26)27)11-15(10-13)33(31,32)29-17-6-2-1-5-16(17)18-12-30-8-4-3-7-19(30)28-18/h1-12,29H. The summed E-state index contributed by atoms with van der Waals surface area (Å²) in [4.78, 5) is 3.20. The van der Waals surface area contributed by atoms with Crippen molar-refractivity contribution in [2.24, 2.45) is 0 Å². The predicted molar refractivity (Wildman–Crippen MR) is 108 cm³/mol. The number of para-hydroxylation sites is 1. The van der Waals surface area contributed by atoms with Crippen molar-refractivity contribution in [3.8, 4) is 11.3 Å². The number of rotatable bonds is 4. The molecule has 2 aromatic carbocycles. The van der Waals surface area contributed by atoms with Crippen LogP contribution in [0.25, 0.3) is 16.9 Å². The third-order valence-corrected chi connectivity index (χ3v) is 6.03. The highest BCUT2D eigenvalue weighted by atomic mass is 32.2. The zero-order valence-electron chi connectivity index (χ0n) is 16.3. The normalized spacial score (nSPS) is 12.8. The molecular weight excluding hydrogens is 472 g/mol. The van der Waals surface area contributed by atoms with Gasteiger partial charge in [0.15, 0.2) is 0 Å². The van der Waals surface area contributed by atoms with Crippen LogP contribution in [0.15, 0.2) is 78.0 Å². The number of hydrogen-bond acceptors (Lipinski definition) is 3. The molecule has 0 saturated carbocycles. The molecule has 0 radical (unpaired) electrons. The Hall–Kier alpha value is -3.54. The van der Waals surface area contributed by atoms with Gasteiger partial charge in [0.1, 0.15) is 5.65 Å². The molecule has 0 fully saturated rings. The van der Waals surface area contributed by atoms with Crippen LogP contribution in [0.2, 0.25) is 0 Å². The molecule has 2 aromatic heterocycles. The summed E-state index contributed by atoms with van der Waals surface area (Å²) in [5, 5.41) is 0. The van der Waals surface area contributed by atoms with E-state index in [1.165, 1.54) is 18.2 Å². The molecule has 2 heterocycles. The molecule has 0 saturated heterocycles. The van der Waals surface area contributed by atoms with Gasteiger partial charge in [-0.25, -0.2) is 13.4 Å². The van der Waals surface area contributed by atoms with E-state index in [0.717, 1.165) is 0 Å². The zero-order valence-corrected chi connectivity index (χ0v) is 17.1. The Kier molecular flexibility index (Phi) is 5.35. The van der Waals surface area contributed by atoms with E-state index in [4.69, 9.17) is 0 Å². The second kappa shape index (κ2) is 7.80. The number of hydrogen-bond donors (Lipinski definition) is 1. The van der Waals surface area contributed by atoms with Gasteiger partial charge in [-0.2, -0.15) is 26.3 Å². The van der Waals surface area contributed by atoms with Gasteiger partial charge in [0.2, 0.25) is 0 Å². The van der Waals surface area contributed by atoms with Crippen LogP contribution in [0.5, 0.6) is 0 Å². The van der Waals surface area contributed by atoms with E-state index >= 15 is 0 Å². The molecule has 1 N–H and O–H groups in total. The summed E-state index contributed by atoms with van der Waals surface area (Å²) in [6, 6.07) is 11.3. The molecule has 0 aliphatic heterocycles. The number of imidazole rings is 1. The van der Waals surface area contributed by atoms with Crippen LogP contribution in [-0.4, -0.2) is 17.8 Å². The van der Waals surface area contributed by atoms with Gasteiger partial charge in [0.25, 0.3) is 10.0 Å². The second-order valence-electron chi connectivity index (χ2n) is 6.98. The number of sulfonamides is 1.